The number of halogens is 1. The lowest BCUT2D eigenvalue weighted by Gasteiger charge is -2.24. The summed E-state index contributed by atoms with van der Waals surface area (Å²) in [5.41, 5.74) is 2.16. The lowest BCUT2D eigenvalue weighted by atomic mass is 10.2. The quantitative estimate of drug-likeness (QED) is 0.287. The van der Waals surface area contributed by atoms with Crippen molar-refractivity contribution in [3.05, 3.63) is 108 Å². The van der Waals surface area contributed by atoms with Crippen LogP contribution in [-0.2, 0) is 0 Å². The summed E-state index contributed by atoms with van der Waals surface area (Å²) < 4.78 is 1.16. The molecule has 0 spiro atoms. The summed E-state index contributed by atoms with van der Waals surface area (Å²) in [4.78, 5) is 4.96. The van der Waals surface area contributed by atoms with E-state index in [0.29, 0.717) is 0 Å². The Kier molecular flexibility index (Phi) is 5.16. The van der Waals surface area contributed by atoms with Gasteiger partial charge in [-0.15, -0.1) is 11.3 Å². The Morgan fingerprint density at radius 3 is 2.00 bits per heavy atom. The first-order valence-corrected chi connectivity index (χ1v) is 13.2. The third kappa shape index (κ3) is 3.36. The molecule has 0 amide bonds. The fourth-order valence-corrected chi connectivity index (χ4v) is 8.60. The molecule has 0 N–H and O–H groups in total. The normalized spacial score (nSPS) is 11.7. The number of nitrogens with zero attached hydrogens (tertiary/aromatic N) is 1. The Labute approximate surface area is 186 Å². The molecule has 0 radical (unpaired) electrons. The van der Waals surface area contributed by atoms with E-state index in [0.717, 1.165) is 20.2 Å². The van der Waals surface area contributed by atoms with Gasteiger partial charge in [-0.3, -0.25) is 0 Å². The molecule has 30 heavy (non-hydrogen) atoms. The Bertz CT molecular complexity index is 1280. The minimum Gasteiger partial charge on any atom is -0.236 e. The molecule has 1 aromatic heterocycles. The number of thiazole rings is 1. The molecule has 0 unspecified atom stereocenters. The third-order valence-electron chi connectivity index (χ3n) is 5.51. The number of fused-ring (bicyclic) bond motifs is 1. The molecule has 0 fully saturated rings. The standard InChI is InChI=1S/C26H20ClNPS/c1-29(20-10-4-2-5-11-20,21-12-6-3-7-13-21)24-15-9-8-14-22(24)26-28-23-18-19(27)16-17-25(23)30-26/h2-18H,1H3/q+1. The van der Waals surface area contributed by atoms with Gasteiger partial charge in [0.15, 0.2) is 0 Å². The summed E-state index contributed by atoms with van der Waals surface area (Å²) in [6.45, 7) is 2.42. The fourth-order valence-electron chi connectivity index (χ4n) is 3.94. The smallest absolute Gasteiger partial charge is 0.128 e. The van der Waals surface area contributed by atoms with Crippen LogP contribution in [0.1, 0.15) is 0 Å². The van der Waals surface area contributed by atoms with E-state index in [4.69, 9.17) is 16.6 Å². The summed E-state index contributed by atoms with van der Waals surface area (Å²) >= 11 is 7.94. The highest BCUT2D eigenvalue weighted by atomic mass is 35.5. The van der Waals surface area contributed by atoms with Gasteiger partial charge in [0.1, 0.15) is 28.2 Å². The molecule has 4 heteroatoms. The average Bonchev–Trinajstić information content (AvgIpc) is 3.23. The molecule has 0 bridgehead atoms. The van der Waals surface area contributed by atoms with E-state index in [1.807, 2.05) is 12.1 Å². The molecule has 0 atom stereocenters. The highest BCUT2D eigenvalue weighted by Gasteiger charge is 2.42. The van der Waals surface area contributed by atoms with Crippen LogP contribution in [0.5, 0.6) is 0 Å². The van der Waals surface area contributed by atoms with Crippen LogP contribution in [0.2, 0.25) is 5.02 Å². The van der Waals surface area contributed by atoms with Gasteiger partial charge in [-0.1, -0.05) is 60.1 Å². The Morgan fingerprint density at radius 1 is 0.733 bits per heavy atom. The molecule has 4 aromatic carbocycles. The van der Waals surface area contributed by atoms with Gasteiger partial charge in [0.2, 0.25) is 0 Å². The summed E-state index contributed by atoms with van der Waals surface area (Å²) in [7, 11) is -1.84. The zero-order chi connectivity index (χ0) is 20.6. The van der Waals surface area contributed by atoms with E-state index in [1.54, 1.807) is 11.3 Å². The lowest BCUT2D eigenvalue weighted by Crippen LogP contribution is -2.31. The van der Waals surface area contributed by atoms with Crippen molar-refractivity contribution >= 4 is 56.3 Å². The van der Waals surface area contributed by atoms with Gasteiger partial charge >= 0.3 is 0 Å². The number of benzene rings is 4. The van der Waals surface area contributed by atoms with Crippen LogP contribution < -0.4 is 15.9 Å². The Balaban J connectivity index is 1.77. The van der Waals surface area contributed by atoms with Gasteiger partial charge < -0.3 is 0 Å². The lowest BCUT2D eigenvalue weighted by molar-refractivity contribution is 1.48. The van der Waals surface area contributed by atoms with Gasteiger partial charge in [0.25, 0.3) is 0 Å². The zero-order valence-corrected chi connectivity index (χ0v) is 19.0. The predicted octanol–water partition coefficient (Wildman–Crippen LogP) is 6.54. The highest BCUT2D eigenvalue weighted by molar-refractivity contribution is 7.95. The van der Waals surface area contributed by atoms with Crippen molar-refractivity contribution in [2.45, 2.75) is 0 Å². The van der Waals surface area contributed by atoms with Crippen LogP contribution in [0.4, 0.5) is 0 Å². The molecule has 146 valence electrons. The monoisotopic (exact) mass is 444 g/mol. The summed E-state index contributed by atoms with van der Waals surface area (Å²) in [5, 5.41) is 5.85. The third-order valence-corrected chi connectivity index (χ3v) is 10.8. The molecule has 0 aliphatic carbocycles. The van der Waals surface area contributed by atoms with Crippen LogP contribution in [-0.4, -0.2) is 11.6 Å². The SMILES string of the molecule is C[P+](c1ccccc1)(c1ccccc1)c1ccccc1-c1nc2cc(Cl)ccc2s1. The van der Waals surface area contributed by atoms with Crippen molar-refractivity contribution in [1.29, 1.82) is 0 Å². The second kappa shape index (κ2) is 7.96. The Hall–Kier alpha value is -2.51. The number of aromatic nitrogens is 1. The maximum Gasteiger partial charge on any atom is 0.128 e. The molecular formula is C26H20ClNPS+. The molecule has 0 saturated carbocycles. The maximum absolute atomic E-state index is 6.21. The van der Waals surface area contributed by atoms with E-state index >= 15 is 0 Å². The topological polar surface area (TPSA) is 12.9 Å². The summed E-state index contributed by atoms with van der Waals surface area (Å²) in [6, 6.07) is 36.4. The zero-order valence-electron chi connectivity index (χ0n) is 16.5. The van der Waals surface area contributed by atoms with Gasteiger partial charge in [0, 0.05) is 5.02 Å². The first-order valence-electron chi connectivity index (χ1n) is 9.80. The molecule has 5 rings (SSSR count). The van der Waals surface area contributed by atoms with Gasteiger partial charge in [-0.2, -0.15) is 0 Å². The van der Waals surface area contributed by atoms with E-state index in [-0.39, 0.29) is 0 Å². The highest BCUT2D eigenvalue weighted by Crippen LogP contribution is 2.53. The minimum atomic E-state index is -1.84. The molecule has 1 nitrogen and oxygen atoms in total. The van der Waals surface area contributed by atoms with E-state index in [2.05, 4.69) is 97.7 Å². The molecular weight excluding hydrogens is 425 g/mol. The largest absolute Gasteiger partial charge is 0.236 e. The van der Waals surface area contributed by atoms with Crippen LogP contribution in [0.25, 0.3) is 20.8 Å². The number of hydrogen-bond acceptors (Lipinski definition) is 2. The van der Waals surface area contributed by atoms with Crippen LogP contribution >= 0.6 is 30.2 Å². The predicted molar refractivity (Wildman–Crippen MR) is 135 cm³/mol. The fraction of sp³-hybridized carbons (Fsp3) is 0.0385. The van der Waals surface area contributed by atoms with Gasteiger partial charge in [-0.25, -0.2) is 4.98 Å². The first-order chi connectivity index (χ1) is 14.7. The second-order valence-corrected chi connectivity index (χ2v) is 12.3. The molecule has 0 aliphatic rings. The van der Waals surface area contributed by atoms with Crippen molar-refractivity contribution in [1.82, 2.24) is 4.98 Å². The average molecular weight is 445 g/mol. The van der Waals surface area contributed by atoms with Crippen molar-refractivity contribution in [2.24, 2.45) is 0 Å². The molecule has 1 heterocycles. The molecule has 0 aliphatic heterocycles. The van der Waals surface area contributed by atoms with Crippen molar-refractivity contribution in [3.8, 4) is 10.6 Å². The van der Waals surface area contributed by atoms with Crippen LogP contribution in [0.3, 0.4) is 0 Å². The number of rotatable bonds is 4. The molecule has 0 saturated heterocycles. The maximum atomic E-state index is 6.21. The van der Waals surface area contributed by atoms with Crippen LogP contribution in [0.15, 0.2) is 103 Å². The van der Waals surface area contributed by atoms with Crippen molar-refractivity contribution < 1.29 is 0 Å². The van der Waals surface area contributed by atoms with Gasteiger partial charge in [-0.05, 0) is 54.6 Å². The minimum absolute atomic E-state index is 0.721. The van der Waals surface area contributed by atoms with Crippen LogP contribution in [0, 0.1) is 0 Å². The first kappa shape index (κ1) is 19.5. The number of hydrogen-bond donors (Lipinski definition) is 0. The summed E-state index contributed by atoms with van der Waals surface area (Å²) in [6.07, 6.45) is 0. The van der Waals surface area contributed by atoms with E-state index < -0.39 is 7.26 Å². The Morgan fingerprint density at radius 2 is 1.33 bits per heavy atom. The van der Waals surface area contributed by atoms with E-state index in [9.17, 15) is 0 Å². The van der Waals surface area contributed by atoms with Crippen molar-refractivity contribution in [2.75, 3.05) is 6.66 Å². The van der Waals surface area contributed by atoms with Gasteiger partial charge in [0.05, 0.1) is 22.4 Å². The van der Waals surface area contributed by atoms with Crippen molar-refractivity contribution in [3.63, 3.8) is 0 Å². The molecule has 5 aromatic rings. The summed E-state index contributed by atoms with van der Waals surface area (Å²) in [5.74, 6) is 0. The second-order valence-electron chi connectivity index (χ2n) is 7.33. The van der Waals surface area contributed by atoms with E-state index in [1.165, 1.54) is 21.5 Å².